The first-order valence-corrected chi connectivity index (χ1v) is 7.42. The molecule has 0 atom stereocenters. The van der Waals surface area contributed by atoms with Crippen molar-refractivity contribution >= 4 is 43.5 Å². The number of benzene rings is 2. The molecule has 0 spiro atoms. The second-order valence-corrected chi connectivity index (χ2v) is 5.42. The number of amides is 1. The highest BCUT2D eigenvalue weighted by Gasteiger charge is 2.08. The van der Waals surface area contributed by atoms with E-state index in [1.54, 1.807) is 6.07 Å². The van der Waals surface area contributed by atoms with Crippen LogP contribution in [0.5, 0.6) is 0 Å². The van der Waals surface area contributed by atoms with Crippen molar-refractivity contribution in [2.75, 3.05) is 5.32 Å². The Morgan fingerprint density at radius 3 is 2.42 bits per heavy atom. The van der Waals surface area contributed by atoms with E-state index in [0.29, 0.717) is 10.2 Å². The first-order chi connectivity index (χ1) is 9.08. The third-order valence-electron chi connectivity index (χ3n) is 2.49. The number of carbonyl (C=O) groups is 1. The van der Waals surface area contributed by atoms with Gasteiger partial charge in [-0.15, -0.1) is 0 Å². The minimum Gasteiger partial charge on any atom is -0.322 e. The molecule has 0 aliphatic carbocycles. The molecule has 1 amide bonds. The van der Waals surface area contributed by atoms with Gasteiger partial charge in [-0.1, -0.05) is 44.0 Å². The molecule has 0 radical (unpaired) electrons. The zero-order valence-corrected chi connectivity index (χ0v) is 13.0. The number of carbonyl (C=O) groups excluding carboxylic acids is 1. The topological polar surface area (TPSA) is 29.1 Å². The molecular weight excluding hydrogens is 377 g/mol. The lowest BCUT2D eigenvalue weighted by atomic mass is 10.2. The van der Waals surface area contributed by atoms with E-state index in [0.717, 1.165) is 10.9 Å². The predicted molar refractivity (Wildman–Crippen MR) is 81.1 cm³/mol. The zero-order chi connectivity index (χ0) is 13.8. The lowest BCUT2D eigenvalue weighted by Crippen LogP contribution is -2.12. The summed E-state index contributed by atoms with van der Waals surface area (Å²) >= 11 is 6.51. The Balaban J connectivity index is 2.15. The molecule has 98 valence electrons. The van der Waals surface area contributed by atoms with Gasteiger partial charge in [-0.3, -0.25) is 4.79 Å². The smallest absolute Gasteiger partial charge is 0.255 e. The number of anilines is 1. The van der Waals surface area contributed by atoms with Crippen molar-refractivity contribution in [2.45, 2.75) is 5.33 Å². The Morgan fingerprint density at radius 1 is 1.16 bits per heavy atom. The summed E-state index contributed by atoms with van der Waals surface area (Å²) in [6, 6.07) is 11.5. The molecule has 0 unspecified atom stereocenters. The van der Waals surface area contributed by atoms with Crippen LogP contribution >= 0.6 is 31.9 Å². The molecule has 1 N–H and O–H groups in total. The first kappa shape index (κ1) is 14.2. The summed E-state index contributed by atoms with van der Waals surface area (Å²) in [5, 5.41) is 3.48. The van der Waals surface area contributed by atoms with Crippen LogP contribution in [0.2, 0.25) is 0 Å². The van der Waals surface area contributed by atoms with Gasteiger partial charge in [0, 0.05) is 21.1 Å². The summed E-state index contributed by atoms with van der Waals surface area (Å²) in [6.45, 7) is 0. The molecule has 0 saturated carbocycles. The monoisotopic (exact) mass is 385 g/mol. The van der Waals surface area contributed by atoms with E-state index >= 15 is 0 Å². The largest absolute Gasteiger partial charge is 0.322 e. The minimum atomic E-state index is -0.450. The van der Waals surface area contributed by atoms with E-state index in [-0.39, 0.29) is 11.5 Å². The molecule has 0 heterocycles. The third-order valence-corrected chi connectivity index (χ3v) is 3.60. The van der Waals surface area contributed by atoms with Gasteiger partial charge in [0.1, 0.15) is 5.82 Å². The van der Waals surface area contributed by atoms with Gasteiger partial charge in [-0.2, -0.15) is 0 Å². The van der Waals surface area contributed by atoms with Crippen LogP contribution in [0.15, 0.2) is 46.9 Å². The van der Waals surface area contributed by atoms with Crippen LogP contribution in [-0.4, -0.2) is 5.91 Å². The highest BCUT2D eigenvalue weighted by molar-refractivity contribution is 9.10. The molecule has 0 fully saturated rings. The Hall–Kier alpha value is -1.20. The molecule has 2 nitrogen and oxygen atoms in total. The number of alkyl halides is 1. The summed E-state index contributed by atoms with van der Waals surface area (Å²) in [7, 11) is 0. The SMILES string of the molecule is O=C(Nc1ccc(CBr)cc1)c1cc(F)cc(Br)c1. The maximum Gasteiger partial charge on any atom is 0.255 e. The van der Waals surface area contributed by atoms with Crippen molar-refractivity contribution in [2.24, 2.45) is 0 Å². The second kappa shape index (κ2) is 6.30. The standard InChI is InChI=1S/C14H10Br2FNO/c15-8-9-1-3-13(4-2-9)18-14(19)10-5-11(16)7-12(17)6-10/h1-7H,8H2,(H,18,19). The van der Waals surface area contributed by atoms with Crippen molar-refractivity contribution < 1.29 is 9.18 Å². The fraction of sp³-hybridized carbons (Fsp3) is 0.0714. The molecule has 2 aromatic carbocycles. The third kappa shape index (κ3) is 3.88. The van der Waals surface area contributed by atoms with Crippen molar-refractivity contribution in [1.82, 2.24) is 0 Å². The molecule has 5 heteroatoms. The van der Waals surface area contributed by atoms with Gasteiger partial charge in [0.2, 0.25) is 0 Å². The molecule has 19 heavy (non-hydrogen) atoms. The summed E-state index contributed by atoms with van der Waals surface area (Å²) in [4.78, 5) is 12.0. The number of hydrogen-bond donors (Lipinski definition) is 1. The van der Waals surface area contributed by atoms with Crippen molar-refractivity contribution in [3.63, 3.8) is 0 Å². The van der Waals surface area contributed by atoms with Crippen LogP contribution < -0.4 is 5.32 Å². The van der Waals surface area contributed by atoms with Crippen LogP contribution in [0, 0.1) is 5.82 Å². The van der Waals surface area contributed by atoms with E-state index < -0.39 is 5.82 Å². The van der Waals surface area contributed by atoms with Gasteiger partial charge >= 0.3 is 0 Å². The van der Waals surface area contributed by atoms with E-state index in [1.165, 1.54) is 12.1 Å². The first-order valence-electron chi connectivity index (χ1n) is 5.51. The van der Waals surface area contributed by atoms with E-state index in [1.807, 2.05) is 24.3 Å². The molecule has 0 aromatic heterocycles. The fourth-order valence-corrected chi connectivity index (χ4v) is 2.40. The van der Waals surface area contributed by atoms with Crippen LogP contribution in [0.25, 0.3) is 0 Å². The lowest BCUT2D eigenvalue weighted by Gasteiger charge is -2.06. The summed E-state index contributed by atoms with van der Waals surface area (Å²) in [6.07, 6.45) is 0. The number of rotatable bonds is 3. The van der Waals surface area contributed by atoms with Crippen LogP contribution in [0.4, 0.5) is 10.1 Å². The molecule has 0 aliphatic heterocycles. The number of nitrogens with one attached hydrogen (secondary N) is 1. The fourth-order valence-electron chi connectivity index (χ4n) is 1.57. The molecule has 0 bridgehead atoms. The molecule has 2 rings (SSSR count). The van der Waals surface area contributed by atoms with Gasteiger partial charge in [0.05, 0.1) is 0 Å². The van der Waals surface area contributed by atoms with Gasteiger partial charge in [0.15, 0.2) is 0 Å². The Morgan fingerprint density at radius 2 is 1.84 bits per heavy atom. The van der Waals surface area contributed by atoms with Crippen LogP contribution in [-0.2, 0) is 5.33 Å². The van der Waals surface area contributed by atoms with Gasteiger partial charge in [-0.25, -0.2) is 4.39 Å². The zero-order valence-electron chi connectivity index (χ0n) is 9.79. The molecular formula is C14H10Br2FNO. The van der Waals surface area contributed by atoms with E-state index in [9.17, 15) is 9.18 Å². The van der Waals surface area contributed by atoms with Crippen molar-refractivity contribution in [3.8, 4) is 0 Å². The Bertz CT molecular complexity index is 579. The maximum atomic E-state index is 13.2. The minimum absolute atomic E-state index is 0.274. The van der Waals surface area contributed by atoms with Crippen LogP contribution in [0.3, 0.4) is 0 Å². The number of hydrogen-bond acceptors (Lipinski definition) is 1. The average molecular weight is 387 g/mol. The van der Waals surface area contributed by atoms with E-state index in [2.05, 4.69) is 37.2 Å². The van der Waals surface area contributed by atoms with Crippen molar-refractivity contribution in [1.29, 1.82) is 0 Å². The molecule has 0 saturated heterocycles. The maximum absolute atomic E-state index is 13.2. The predicted octanol–water partition coefficient (Wildman–Crippen LogP) is 4.74. The normalized spacial score (nSPS) is 10.3. The second-order valence-electron chi connectivity index (χ2n) is 3.94. The van der Waals surface area contributed by atoms with Gasteiger partial charge < -0.3 is 5.32 Å². The van der Waals surface area contributed by atoms with E-state index in [4.69, 9.17) is 0 Å². The highest BCUT2D eigenvalue weighted by Crippen LogP contribution is 2.17. The highest BCUT2D eigenvalue weighted by atomic mass is 79.9. The number of halogens is 3. The Labute approximate surface area is 127 Å². The molecule has 0 aliphatic rings. The summed E-state index contributed by atoms with van der Waals surface area (Å²) in [5.41, 5.74) is 2.07. The van der Waals surface area contributed by atoms with Gasteiger partial charge in [0.25, 0.3) is 5.91 Å². The Kier molecular flexibility index (Phi) is 4.71. The molecule has 2 aromatic rings. The summed E-state index contributed by atoms with van der Waals surface area (Å²) in [5.74, 6) is -0.791. The van der Waals surface area contributed by atoms with Crippen LogP contribution in [0.1, 0.15) is 15.9 Å². The lowest BCUT2D eigenvalue weighted by molar-refractivity contribution is 0.102. The quantitative estimate of drug-likeness (QED) is 0.758. The van der Waals surface area contributed by atoms with Crippen molar-refractivity contribution in [3.05, 3.63) is 63.9 Å². The van der Waals surface area contributed by atoms with Gasteiger partial charge in [-0.05, 0) is 35.9 Å². The summed E-state index contributed by atoms with van der Waals surface area (Å²) < 4.78 is 13.7. The average Bonchev–Trinajstić information content (AvgIpc) is 2.38.